The van der Waals surface area contributed by atoms with Crippen molar-refractivity contribution in [2.24, 2.45) is 11.8 Å². The van der Waals surface area contributed by atoms with Gasteiger partial charge >= 0.3 is 0 Å². The highest BCUT2D eigenvalue weighted by Gasteiger charge is 2.23. The first-order valence-corrected chi connectivity index (χ1v) is 5.33. The normalized spacial score (nSPS) is 27.8. The average Bonchev–Trinajstić information content (AvgIpc) is 2.52. The molecule has 0 N–H and O–H groups in total. The predicted molar refractivity (Wildman–Crippen MR) is 52.6 cm³/mol. The van der Waals surface area contributed by atoms with Crippen LogP contribution in [0.25, 0.3) is 0 Å². The molecule has 1 fully saturated rings. The molecule has 2 nitrogen and oxygen atoms in total. The Labute approximate surface area is 80.7 Å². The van der Waals surface area contributed by atoms with E-state index in [9.17, 15) is 4.79 Å². The van der Waals surface area contributed by atoms with Gasteiger partial charge in [0.1, 0.15) is 6.61 Å². The van der Waals surface area contributed by atoms with E-state index in [-0.39, 0.29) is 5.78 Å². The summed E-state index contributed by atoms with van der Waals surface area (Å²) in [6, 6.07) is 0. The van der Waals surface area contributed by atoms with E-state index in [1.807, 2.05) is 6.92 Å². The van der Waals surface area contributed by atoms with Crippen molar-refractivity contribution in [3.05, 3.63) is 0 Å². The van der Waals surface area contributed by atoms with Gasteiger partial charge in [-0.3, -0.25) is 4.79 Å². The van der Waals surface area contributed by atoms with Crippen LogP contribution in [0.2, 0.25) is 0 Å². The number of Topliss-reactive ketones (excluding diaryl/α,β-unsaturated/α-hetero) is 1. The molecule has 0 amide bonds. The molecule has 0 aromatic carbocycles. The average molecular weight is 184 g/mol. The molecule has 0 heterocycles. The fourth-order valence-electron chi connectivity index (χ4n) is 1.90. The first-order chi connectivity index (χ1) is 6.24. The van der Waals surface area contributed by atoms with Gasteiger partial charge in [0.25, 0.3) is 0 Å². The van der Waals surface area contributed by atoms with Gasteiger partial charge in [0.05, 0.1) is 6.61 Å². The number of hydrogen-bond donors (Lipinski definition) is 0. The van der Waals surface area contributed by atoms with Crippen LogP contribution in [0.15, 0.2) is 0 Å². The van der Waals surface area contributed by atoms with Crippen LogP contribution in [0.1, 0.15) is 39.5 Å². The number of hydrogen-bond acceptors (Lipinski definition) is 2. The molecule has 0 bridgehead atoms. The van der Waals surface area contributed by atoms with Crippen LogP contribution in [0, 0.1) is 11.8 Å². The maximum absolute atomic E-state index is 10.9. The molecule has 1 saturated carbocycles. The first-order valence-electron chi connectivity index (χ1n) is 5.33. The summed E-state index contributed by atoms with van der Waals surface area (Å²) in [6.45, 7) is 5.26. The molecule has 0 radical (unpaired) electrons. The molecule has 2 heteroatoms. The van der Waals surface area contributed by atoms with Crippen molar-refractivity contribution in [1.82, 2.24) is 0 Å². The molecule has 0 aliphatic heterocycles. The smallest absolute Gasteiger partial charge is 0.158 e. The minimum Gasteiger partial charge on any atom is -0.373 e. The zero-order valence-electron chi connectivity index (χ0n) is 8.71. The van der Waals surface area contributed by atoms with Crippen LogP contribution >= 0.6 is 0 Å². The molecule has 2 unspecified atom stereocenters. The molecular weight excluding hydrogens is 164 g/mol. The summed E-state index contributed by atoms with van der Waals surface area (Å²) in [7, 11) is 0. The SMILES string of the molecule is CCC(=O)COCC1CCCC1C. The third-order valence-corrected chi connectivity index (χ3v) is 3.03. The summed E-state index contributed by atoms with van der Waals surface area (Å²) < 4.78 is 5.39. The maximum atomic E-state index is 10.9. The van der Waals surface area contributed by atoms with E-state index >= 15 is 0 Å². The minimum atomic E-state index is 0.214. The molecule has 2 atom stereocenters. The van der Waals surface area contributed by atoms with Gasteiger partial charge in [-0.15, -0.1) is 0 Å². The highest BCUT2D eigenvalue weighted by Crippen LogP contribution is 2.31. The van der Waals surface area contributed by atoms with E-state index in [1.54, 1.807) is 0 Å². The third kappa shape index (κ3) is 3.47. The Hall–Kier alpha value is -0.370. The monoisotopic (exact) mass is 184 g/mol. The summed E-state index contributed by atoms with van der Waals surface area (Å²) in [5.74, 6) is 1.70. The van der Waals surface area contributed by atoms with Crippen molar-refractivity contribution < 1.29 is 9.53 Å². The number of ketones is 1. The second kappa shape index (κ2) is 5.38. The van der Waals surface area contributed by atoms with Gasteiger partial charge in [0, 0.05) is 6.42 Å². The van der Waals surface area contributed by atoms with Crippen molar-refractivity contribution in [2.45, 2.75) is 39.5 Å². The Kier molecular flexibility index (Phi) is 4.43. The molecule has 1 aliphatic carbocycles. The number of carbonyl (C=O) groups is 1. The summed E-state index contributed by atoms with van der Waals surface area (Å²) in [4.78, 5) is 10.9. The van der Waals surface area contributed by atoms with Crippen molar-refractivity contribution in [1.29, 1.82) is 0 Å². The lowest BCUT2D eigenvalue weighted by atomic mass is 9.99. The molecule has 0 aromatic heterocycles. The van der Waals surface area contributed by atoms with E-state index in [0.29, 0.717) is 18.9 Å². The van der Waals surface area contributed by atoms with E-state index < -0.39 is 0 Å². The summed E-state index contributed by atoms with van der Waals surface area (Å²) >= 11 is 0. The Morgan fingerprint density at radius 3 is 2.77 bits per heavy atom. The zero-order valence-corrected chi connectivity index (χ0v) is 8.71. The van der Waals surface area contributed by atoms with Gasteiger partial charge in [-0.2, -0.15) is 0 Å². The van der Waals surface area contributed by atoms with Gasteiger partial charge < -0.3 is 4.74 Å². The third-order valence-electron chi connectivity index (χ3n) is 3.03. The highest BCUT2D eigenvalue weighted by molar-refractivity contribution is 5.79. The number of ether oxygens (including phenoxy) is 1. The minimum absolute atomic E-state index is 0.214. The van der Waals surface area contributed by atoms with Crippen LogP contribution in [0.4, 0.5) is 0 Å². The van der Waals surface area contributed by atoms with Crippen LogP contribution in [-0.4, -0.2) is 19.0 Å². The van der Waals surface area contributed by atoms with Crippen LogP contribution in [0.3, 0.4) is 0 Å². The van der Waals surface area contributed by atoms with E-state index in [4.69, 9.17) is 4.74 Å². The van der Waals surface area contributed by atoms with Gasteiger partial charge in [0.15, 0.2) is 5.78 Å². The summed E-state index contributed by atoms with van der Waals surface area (Å²) in [5.41, 5.74) is 0. The molecule has 0 spiro atoms. The van der Waals surface area contributed by atoms with Gasteiger partial charge in [0.2, 0.25) is 0 Å². The standard InChI is InChI=1S/C11H20O2/c1-3-11(12)8-13-7-10-6-4-5-9(10)2/h9-10H,3-8H2,1-2H3. The Bertz CT molecular complexity index is 165. The Balaban J connectivity index is 2.08. The molecule has 1 aliphatic rings. The lowest BCUT2D eigenvalue weighted by Gasteiger charge is -2.14. The number of rotatable bonds is 5. The molecule has 1 rings (SSSR count). The second-order valence-electron chi connectivity index (χ2n) is 4.08. The van der Waals surface area contributed by atoms with Crippen molar-refractivity contribution in [2.75, 3.05) is 13.2 Å². The van der Waals surface area contributed by atoms with Crippen LogP contribution < -0.4 is 0 Å². The predicted octanol–water partition coefficient (Wildman–Crippen LogP) is 2.42. The van der Waals surface area contributed by atoms with Crippen molar-refractivity contribution >= 4 is 5.78 Å². The van der Waals surface area contributed by atoms with Gasteiger partial charge in [-0.05, 0) is 18.3 Å². The lowest BCUT2D eigenvalue weighted by Crippen LogP contribution is -2.16. The quantitative estimate of drug-likeness (QED) is 0.656. The fraction of sp³-hybridized carbons (Fsp3) is 0.909. The van der Waals surface area contributed by atoms with Gasteiger partial charge in [-0.1, -0.05) is 26.7 Å². The Morgan fingerprint density at radius 2 is 2.23 bits per heavy atom. The number of carbonyl (C=O) groups excluding carboxylic acids is 1. The van der Waals surface area contributed by atoms with Crippen LogP contribution in [0.5, 0.6) is 0 Å². The van der Waals surface area contributed by atoms with Crippen molar-refractivity contribution in [3.8, 4) is 0 Å². The molecule has 13 heavy (non-hydrogen) atoms. The second-order valence-corrected chi connectivity index (χ2v) is 4.08. The fourth-order valence-corrected chi connectivity index (χ4v) is 1.90. The molecule has 0 saturated heterocycles. The lowest BCUT2D eigenvalue weighted by molar-refractivity contribution is -0.123. The molecular formula is C11H20O2. The maximum Gasteiger partial charge on any atom is 0.158 e. The van der Waals surface area contributed by atoms with Crippen molar-refractivity contribution in [3.63, 3.8) is 0 Å². The molecule has 76 valence electrons. The largest absolute Gasteiger partial charge is 0.373 e. The summed E-state index contributed by atoms with van der Waals surface area (Å²) in [6.07, 6.45) is 4.54. The topological polar surface area (TPSA) is 26.3 Å². The summed E-state index contributed by atoms with van der Waals surface area (Å²) in [5, 5.41) is 0. The van der Waals surface area contributed by atoms with Gasteiger partial charge in [-0.25, -0.2) is 0 Å². The van der Waals surface area contributed by atoms with E-state index in [0.717, 1.165) is 12.5 Å². The Morgan fingerprint density at radius 1 is 1.46 bits per heavy atom. The zero-order chi connectivity index (χ0) is 9.68. The first kappa shape index (κ1) is 10.7. The van der Waals surface area contributed by atoms with Crippen LogP contribution in [-0.2, 0) is 9.53 Å². The van der Waals surface area contributed by atoms with E-state index in [2.05, 4.69) is 6.92 Å². The molecule has 0 aromatic rings. The highest BCUT2D eigenvalue weighted by atomic mass is 16.5. The van der Waals surface area contributed by atoms with E-state index in [1.165, 1.54) is 19.3 Å².